The first-order valence-electron chi connectivity index (χ1n) is 5.01. The number of benzene rings is 1. The van der Waals surface area contributed by atoms with Crippen LogP contribution in [0.2, 0.25) is 0 Å². The second-order valence-electron chi connectivity index (χ2n) is 3.41. The van der Waals surface area contributed by atoms with E-state index in [1.807, 2.05) is 19.1 Å². The van der Waals surface area contributed by atoms with Gasteiger partial charge in [0.25, 0.3) is 5.91 Å². The number of amides is 1. The number of rotatable bonds is 3. The molecular weight excluding hydrogens is 218 g/mol. The Morgan fingerprint density at radius 2 is 1.76 bits per heavy atom. The van der Waals surface area contributed by atoms with Gasteiger partial charge in [-0.05, 0) is 19.1 Å². The van der Waals surface area contributed by atoms with Crippen molar-refractivity contribution in [1.82, 2.24) is 20.4 Å². The molecule has 0 aliphatic heterocycles. The smallest absolute Gasteiger partial charge is 0.267 e. The van der Waals surface area contributed by atoms with Gasteiger partial charge in [0.2, 0.25) is 5.95 Å². The first-order chi connectivity index (χ1) is 8.25. The maximum atomic E-state index is 11.7. The number of hydrazine groups is 1. The lowest BCUT2D eigenvalue weighted by atomic mass is 10.1. The third kappa shape index (κ3) is 2.97. The van der Waals surface area contributed by atoms with Crippen LogP contribution >= 0.6 is 0 Å². The second kappa shape index (κ2) is 5.02. The lowest BCUT2D eigenvalue weighted by Gasteiger charge is -2.06. The molecule has 86 valence electrons. The molecule has 1 amide bonds. The average molecular weight is 229 g/mol. The van der Waals surface area contributed by atoms with Gasteiger partial charge in [0.05, 0.1) is 0 Å². The Morgan fingerprint density at radius 1 is 1.12 bits per heavy atom. The van der Waals surface area contributed by atoms with Gasteiger partial charge in [-0.15, -0.1) is 0 Å². The Morgan fingerprint density at radius 3 is 2.41 bits per heavy atom. The molecule has 0 fully saturated rings. The van der Waals surface area contributed by atoms with E-state index in [2.05, 4.69) is 25.8 Å². The summed E-state index contributed by atoms with van der Waals surface area (Å²) in [6.45, 7) is 1.96. The number of hydrogen-bond donors (Lipinski definition) is 2. The SMILES string of the molecule is Cc1ccc(C(=O)NNc2ncncn2)cc1. The zero-order chi connectivity index (χ0) is 12.1. The Bertz CT molecular complexity index is 497. The molecule has 0 aliphatic carbocycles. The Balaban J connectivity index is 1.96. The molecule has 0 atom stereocenters. The molecule has 0 unspecified atom stereocenters. The van der Waals surface area contributed by atoms with Gasteiger partial charge in [0, 0.05) is 5.56 Å². The molecule has 1 aromatic heterocycles. The quantitative estimate of drug-likeness (QED) is 0.765. The lowest BCUT2D eigenvalue weighted by Crippen LogP contribution is -2.30. The van der Waals surface area contributed by atoms with Gasteiger partial charge in [-0.1, -0.05) is 17.7 Å². The minimum absolute atomic E-state index is 0.245. The van der Waals surface area contributed by atoms with Crippen molar-refractivity contribution < 1.29 is 4.79 Å². The summed E-state index contributed by atoms with van der Waals surface area (Å²) < 4.78 is 0. The number of hydrogen-bond acceptors (Lipinski definition) is 5. The fourth-order valence-corrected chi connectivity index (χ4v) is 1.19. The molecule has 0 radical (unpaired) electrons. The fourth-order valence-electron chi connectivity index (χ4n) is 1.19. The van der Waals surface area contributed by atoms with E-state index in [-0.39, 0.29) is 5.91 Å². The van der Waals surface area contributed by atoms with E-state index in [9.17, 15) is 4.79 Å². The number of aromatic nitrogens is 3. The minimum Gasteiger partial charge on any atom is -0.267 e. The summed E-state index contributed by atoms with van der Waals surface area (Å²) in [4.78, 5) is 23.0. The second-order valence-corrected chi connectivity index (χ2v) is 3.41. The van der Waals surface area contributed by atoms with Crippen LogP contribution in [0, 0.1) is 6.92 Å². The van der Waals surface area contributed by atoms with E-state index in [0.717, 1.165) is 5.56 Å². The predicted molar refractivity (Wildman–Crippen MR) is 62.1 cm³/mol. The van der Waals surface area contributed by atoms with Crippen molar-refractivity contribution in [1.29, 1.82) is 0 Å². The van der Waals surface area contributed by atoms with E-state index >= 15 is 0 Å². The van der Waals surface area contributed by atoms with Crippen LogP contribution in [0.1, 0.15) is 15.9 Å². The zero-order valence-corrected chi connectivity index (χ0v) is 9.21. The van der Waals surface area contributed by atoms with Crippen molar-refractivity contribution in [3.05, 3.63) is 48.0 Å². The third-order valence-electron chi connectivity index (χ3n) is 2.09. The van der Waals surface area contributed by atoms with Gasteiger partial charge in [-0.25, -0.2) is 4.98 Å². The number of aryl methyl sites for hydroxylation is 1. The zero-order valence-electron chi connectivity index (χ0n) is 9.21. The van der Waals surface area contributed by atoms with Crippen LogP contribution in [0.4, 0.5) is 5.95 Å². The molecule has 2 N–H and O–H groups in total. The molecule has 0 bridgehead atoms. The molecule has 2 rings (SSSR count). The first-order valence-corrected chi connectivity index (χ1v) is 5.01. The van der Waals surface area contributed by atoms with Gasteiger partial charge < -0.3 is 0 Å². The number of nitrogens with one attached hydrogen (secondary N) is 2. The normalized spacial score (nSPS) is 9.71. The van der Waals surface area contributed by atoms with E-state index in [0.29, 0.717) is 11.5 Å². The van der Waals surface area contributed by atoms with Crippen LogP contribution < -0.4 is 10.9 Å². The monoisotopic (exact) mass is 229 g/mol. The summed E-state index contributed by atoms with van der Waals surface area (Å²) >= 11 is 0. The molecule has 0 saturated heterocycles. The number of anilines is 1. The van der Waals surface area contributed by atoms with E-state index in [1.165, 1.54) is 12.7 Å². The van der Waals surface area contributed by atoms with Gasteiger partial charge in [-0.2, -0.15) is 9.97 Å². The van der Waals surface area contributed by atoms with Crippen LogP contribution in [0.25, 0.3) is 0 Å². The predicted octanol–water partition coefficient (Wildman–Crippen LogP) is 0.937. The highest BCUT2D eigenvalue weighted by atomic mass is 16.2. The standard InChI is InChI=1S/C11H11N5O/c1-8-2-4-9(5-3-8)10(17)15-16-11-13-6-12-7-14-11/h2-7H,1H3,(H,15,17)(H,12,13,14,16). The highest BCUT2D eigenvalue weighted by Crippen LogP contribution is 2.02. The van der Waals surface area contributed by atoms with Gasteiger partial charge in [-0.3, -0.25) is 15.6 Å². The van der Waals surface area contributed by atoms with Crippen LogP contribution in [0.15, 0.2) is 36.9 Å². The Hall–Kier alpha value is -2.50. The third-order valence-corrected chi connectivity index (χ3v) is 2.09. The van der Waals surface area contributed by atoms with Crippen molar-refractivity contribution in [3.8, 4) is 0 Å². The van der Waals surface area contributed by atoms with Crippen molar-refractivity contribution >= 4 is 11.9 Å². The van der Waals surface area contributed by atoms with Crippen molar-refractivity contribution in [2.24, 2.45) is 0 Å². The van der Waals surface area contributed by atoms with Crippen LogP contribution in [0.3, 0.4) is 0 Å². The largest absolute Gasteiger partial charge is 0.269 e. The molecule has 0 aliphatic rings. The van der Waals surface area contributed by atoms with E-state index in [1.54, 1.807) is 12.1 Å². The molecule has 2 aromatic rings. The summed E-state index contributed by atoms with van der Waals surface area (Å²) in [6.07, 6.45) is 2.68. The van der Waals surface area contributed by atoms with Crippen LogP contribution in [-0.4, -0.2) is 20.9 Å². The molecule has 17 heavy (non-hydrogen) atoms. The molecule has 0 spiro atoms. The van der Waals surface area contributed by atoms with E-state index < -0.39 is 0 Å². The summed E-state index contributed by atoms with van der Waals surface area (Å²) in [5.41, 5.74) is 6.76. The highest BCUT2D eigenvalue weighted by Gasteiger charge is 2.04. The molecule has 1 aromatic carbocycles. The van der Waals surface area contributed by atoms with Crippen LogP contribution in [-0.2, 0) is 0 Å². The summed E-state index contributed by atoms with van der Waals surface area (Å²) in [7, 11) is 0. The van der Waals surface area contributed by atoms with Gasteiger partial charge >= 0.3 is 0 Å². The van der Waals surface area contributed by atoms with E-state index in [4.69, 9.17) is 0 Å². The minimum atomic E-state index is -0.245. The maximum absolute atomic E-state index is 11.7. The lowest BCUT2D eigenvalue weighted by molar-refractivity contribution is 0.0962. The van der Waals surface area contributed by atoms with Crippen molar-refractivity contribution in [3.63, 3.8) is 0 Å². The Labute approximate surface area is 98.1 Å². The molecule has 6 nitrogen and oxygen atoms in total. The molecule has 6 heteroatoms. The van der Waals surface area contributed by atoms with Gasteiger partial charge in [0.1, 0.15) is 12.7 Å². The molecular formula is C11H11N5O. The summed E-state index contributed by atoms with van der Waals surface area (Å²) in [5, 5.41) is 0. The summed E-state index contributed by atoms with van der Waals surface area (Å²) in [6, 6.07) is 7.25. The molecule has 1 heterocycles. The van der Waals surface area contributed by atoms with Crippen molar-refractivity contribution in [2.45, 2.75) is 6.92 Å². The maximum Gasteiger partial charge on any atom is 0.269 e. The Kier molecular flexibility index (Phi) is 3.25. The topological polar surface area (TPSA) is 79.8 Å². The van der Waals surface area contributed by atoms with Crippen molar-refractivity contribution in [2.75, 3.05) is 5.43 Å². The first kappa shape index (κ1) is 11.0. The van der Waals surface area contributed by atoms with Crippen LogP contribution in [0.5, 0.6) is 0 Å². The average Bonchev–Trinajstić information content (AvgIpc) is 2.38. The number of carbonyl (C=O) groups excluding carboxylic acids is 1. The fraction of sp³-hybridized carbons (Fsp3) is 0.0909. The highest BCUT2D eigenvalue weighted by molar-refractivity contribution is 5.94. The number of nitrogens with zero attached hydrogens (tertiary/aromatic N) is 3. The number of carbonyl (C=O) groups is 1. The molecule has 0 saturated carbocycles. The summed E-state index contributed by atoms with van der Waals surface area (Å²) in [5.74, 6) is 0.0471. The van der Waals surface area contributed by atoms with Gasteiger partial charge in [0.15, 0.2) is 0 Å².